The molecule has 0 unspecified atom stereocenters. The predicted octanol–water partition coefficient (Wildman–Crippen LogP) is 5.08. The second kappa shape index (κ2) is 5.60. The number of nitrogens with zero attached hydrogens (tertiary/aromatic N) is 1. The van der Waals surface area contributed by atoms with Crippen molar-refractivity contribution in [1.82, 2.24) is 0 Å². The Labute approximate surface area is 121 Å². The van der Waals surface area contributed by atoms with E-state index in [-0.39, 0.29) is 0 Å². The summed E-state index contributed by atoms with van der Waals surface area (Å²) >= 11 is 1.61. The number of benzene rings is 2. The zero-order chi connectivity index (χ0) is 13.8. The van der Waals surface area contributed by atoms with Crippen LogP contribution in [0.2, 0.25) is 0 Å². The van der Waals surface area contributed by atoms with Crippen LogP contribution < -0.4 is 4.74 Å². The lowest BCUT2D eigenvalue weighted by Crippen LogP contribution is -1.83. The van der Waals surface area contributed by atoms with Gasteiger partial charge in [0.25, 0.3) is 0 Å². The Morgan fingerprint density at radius 2 is 1.45 bits per heavy atom. The Hall–Kier alpha value is -2.57. The van der Waals surface area contributed by atoms with E-state index in [4.69, 9.17) is 10.00 Å². The van der Waals surface area contributed by atoms with Crippen LogP contribution in [0.5, 0.6) is 11.5 Å². The summed E-state index contributed by atoms with van der Waals surface area (Å²) in [5.41, 5.74) is 2.87. The molecule has 0 aliphatic heterocycles. The molecule has 0 spiro atoms. The van der Waals surface area contributed by atoms with Gasteiger partial charge in [-0.15, -0.1) is 11.3 Å². The van der Waals surface area contributed by atoms with E-state index in [0.717, 1.165) is 22.6 Å². The van der Waals surface area contributed by atoms with Crippen molar-refractivity contribution in [2.75, 3.05) is 0 Å². The molecule has 0 aliphatic carbocycles. The highest BCUT2D eigenvalue weighted by Gasteiger charge is 2.00. The average molecular weight is 277 g/mol. The molecule has 20 heavy (non-hydrogen) atoms. The van der Waals surface area contributed by atoms with Crippen LogP contribution in [0.25, 0.3) is 11.1 Å². The molecular weight excluding hydrogens is 266 g/mol. The van der Waals surface area contributed by atoms with Crippen LogP contribution in [-0.4, -0.2) is 0 Å². The maximum Gasteiger partial charge on any atom is 0.138 e. The summed E-state index contributed by atoms with van der Waals surface area (Å²) in [6.45, 7) is 0. The van der Waals surface area contributed by atoms with Gasteiger partial charge in [0.15, 0.2) is 0 Å². The van der Waals surface area contributed by atoms with Crippen LogP contribution >= 0.6 is 11.3 Å². The van der Waals surface area contributed by atoms with Crippen LogP contribution in [0, 0.1) is 11.3 Å². The fourth-order valence-corrected chi connectivity index (χ4v) is 2.45. The zero-order valence-corrected chi connectivity index (χ0v) is 11.4. The molecule has 0 amide bonds. The van der Waals surface area contributed by atoms with Gasteiger partial charge in [-0.2, -0.15) is 5.26 Å². The lowest BCUT2D eigenvalue weighted by Gasteiger charge is -2.05. The van der Waals surface area contributed by atoms with Gasteiger partial charge in [-0.25, -0.2) is 0 Å². The minimum Gasteiger partial charge on any atom is -0.457 e. The predicted molar refractivity (Wildman–Crippen MR) is 81.0 cm³/mol. The number of hydrogen-bond donors (Lipinski definition) is 0. The van der Waals surface area contributed by atoms with Gasteiger partial charge in [0, 0.05) is 5.38 Å². The molecule has 0 atom stereocenters. The lowest BCUT2D eigenvalue weighted by molar-refractivity contribution is 0.485. The molecule has 1 aromatic heterocycles. The second-order valence-electron chi connectivity index (χ2n) is 4.27. The van der Waals surface area contributed by atoms with Gasteiger partial charge in [0.2, 0.25) is 0 Å². The molecule has 0 saturated heterocycles. The van der Waals surface area contributed by atoms with Crippen LogP contribution in [0.1, 0.15) is 5.56 Å². The van der Waals surface area contributed by atoms with Crippen LogP contribution in [0.4, 0.5) is 0 Å². The molecule has 0 radical (unpaired) electrons. The Morgan fingerprint density at radius 3 is 2.00 bits per heavy atom. The van der Waals surface area contributed by atoms with E-state index >= 15 is 0 Å². The minimum absolute atomic E-state index is 0.672. The highest BCUT2D eigenvalue weighted by molar-refractivity contribution is 7.08. The molecule has 0 aliphatic rings. The molecule has 0 N–H and O–H groups in total. The molecule has 0 saturated carbocycles. The van der Waals surface area contributed by atoms with E-state index in [1.807, 2.05) is 65.4 Å². The van der Waals surface area contributed by atoms with Crippen LogP contribution in [-0.2, 0) is 0 Å². The van der Waals surface area contributed by atoms with Crippen molar-refractivity contribution >= 4 is 11.3 Å². The molecule has 1 heterocycles. The summed E-state index contributed by atoms with van der Waals surface area (Å²) in [4.78, 5) is 0. The maximum absolute atomic E-state index is 8.79. The molecule has 0 fully saturated rings. The fourth-order valence-electron chi connectivity index (χ4n) is 1.90. The number of thiophene rings is 1. The first-order chi connectivity index (χ1) is 9.85. The normalized spacial score (nSPS) is 9.95. The third-order valence-electron chi connectivity index (χ3n) is 2.93. The highest BCUT2D eigenvalue weighted by Crippen LogP contribution is 2.27. The van der Waals surface area contributed by atoms with E-state index in [9.17, 15) is 0 Å². The van der Waals surface area contributed by atoms with Gasteiger partial charge in [-0.1, -0.05) is 24.3 Å². The van der Waals surface area contributed by atoms with Gasteiger partial charge >= 0.3 is 0 Å². The average Bonchev–Trinajstić information content (AvgIpc) is 3.01. The smallest absolute Gasteiger partial charge is 0.138 e. The van der Waals surface area contributed by atoms with Crippen molar-refractivity contribution in [1.29, 1.82) is 5.26 Å². The summed E-state index contributed by atoms with van der Waals surface area (Å²) in [6, 6.07) is 19.5. The van der Waals surface area contributed by atoms with Crippen molar-refractivity contribution < 1.29 is 4.74 Å². The lowest BCUT2D eigenvalue weighted by atomic mass is 10.0. The fraction of sp³-hybridized carbons (Fsp3) is 0. The van der Waals surface area contributed by atoms with Crippen molar-refractivity contribution in [3.05, 3.63) is 70.9 Å². The quantitative estimate of drug-likeness (QED) is 0.669. The number of rotatable bonds is 3. The largest absolute Gasteiger partial charge is 0.457 e. The molecular formula is C17H11NOS. The first-order valence-corrected chi connectivity index (χ1v) is 7.10. The van der Waals surface area contributed by atoms with Gasteiger partial charge in [-0.05, 0) is 46.8 Å². The third-order valence-corrected chi connectivity index (χ3v) is 3.59. The first kappa shape index (κ1) is 12.5. The van der Waals surface area contributed by atoms with E-state index in [1.165, 1.54) is 0 Å². The monoisotopic (exact) mass is 277 g/mol. The Balaban J connectivity index is 1.80. The van der Waals surface area contributed by atoms with Crippen LogP contribution in [0.15, 0.2) is 65.4 Å². The minimum atomic E-state index is 0.672. The summed E-state index contributed by atoms with van der Waals surface area (Å²) in [7, 11) is 0. The molecule has 96 valence electrons. The number of ether oxygens (including phenoxy) is 1. The van der Waals surface area contributed by atoms with Crippen molar-refractivity contribution in [3.63, 3.8) is 0 Å². The van der Waals surface area contributed by atoms with Crippen molar-refractivity contribution in [2.45, 2.75) is 0 Å². The summed E-state index contributed by atoms with van der Waals surface area (Å²) in [5.74, 6) is 1.68. The number of hydrogen-bond acceptors (Lipinski definition) is 3. The summed E-state index contributed by atoms with van der Waals surface area (Å²) in [6.07, 6.45) is 0. The van der Waals surface area contributed by atoms with Crippen LogP contribution in [0.3, 0.4) is 0 Å². The molecule has 3 rings (SSSR count). The second-order valence-corrected chi connectivity index (χ2v) is 5.05. The number of nitriles is 1. The Kier molecular flexibility index (Phi) is 3.49. The highest BCUT2D eigenvalue weighted by atomic mass is 32.1. The third kappa shape index (κ3) is 2.71. The van der Waals surface area contributed by atoms with Crippen molar-refractivity contribution in [2.24, 2.45) is 0 Å². The molecule has 3 aromatic rings. The molecule has 0 bridgehead atoms. The molecule has 2 nitrogen and oxygen atoms in total. The van der Waals surface area contributed by atoms with Gasteiger partial charge < -0.3 is 4.74 Å². The van der Waals surface area contributed by atoms with E-state index in [1.54, 1.807) is 11.3 Å². The summed E-state index contributed by atoms with van der Waals surface area (Å²) < 4.78 is 5.71. The van der Waals surface area contributed by atoms with Gasteiger partial charge in [0.1, 0.15) is 11.5 Å². The van der Waals surface area contributed by atoms with Crippen molar-refractivity contribution in [3.8, 4) is 28.7 Å². The Bertz CT molecular complexity index is 722. The standard InChI is InChI=1S/C17H11NOS/c18-11-13-1-3-14(4-2-13)15-5-7-16(8-6-15)19-17-9-10-20-12-17/h1-10,12H. The van der Waals surface area contributed by atoms with E-state index in [0.29, 0.717) is 5.56 Å². The van der Waals surface area contributed by atoms with Gasteiger partial charge in [-0.3, -0.25) is 0 Å². The summed E-state index contributed by atoms with van der Waals surface area (Å²) in [5, 5.41) is 12.7. The SMILES string of the molecule is N#Cc1ccc(-c2ccc(Oc3ccsc3)cc2)cc1. The maximum atomic E-state index is 8.79. The zero-order valence-electron chi connectivity index (χ0n) is 10.6. The first-order valence-electron chi connectivity index (χ1n) is 6.16. The molecule has 3 heteroatoms. The molecule has 2 aromatic carbocycles. The van der Waals surface area contributed by atoms with Gasteiger partial charge in [0.05, 0.1) is 11.6 Å². The Morgan fingerprint density at radius 1 is 0.800 bits per heavy atom. The van der Waals surface area contributed by atoms with E-state index < -0.39 is 0 Å². The topological polar surface area (TPSA) is 33.0 Å². The van der Waals surface area contributed by atoms with E-state index in [2.05, 4.69) is 6.07 Å².